The van der Waals surface area contributed by atoms with E-state index in [0.29, 0.717) is 23.7 Å². The van der Waals surface area contributed by atoms with Gasteiger partial charge in [-0.05, 0) is 42.9 Å². The third kappa shape index (κ3) is 3.56. The molecule has 9 heteroatoms. The molecule has 0 spiro atoms. The maximum atomic E-state index is 12.8. The molecule has 1 saturated carbocycles. The van der Waals surface area contributed by atoms with Gasteiger partial charge in [-0.1, -0.05) is 25.4 Å². The molecule has 1 aliphatic carbocycles. The van der Waals surface area contributed by atoms with Gasteiger partial charge in [-0.3, -0.25) is 14.3 Å². The van der Waals surface area contributed by atoms with E-state index < -0.39 is 0 Å². The predicted molar refractivity (Wildman–Crippen MR) is 114 cm³/mol. The zero-order valence-corrected chi connectivity index (χ0v) is 18.0. The highest BCUT2D eigenvalue weighted by molar-refractivity contribution is 6.33. The first-order valence-electron chi connectivity index (χ1n) is 10.1. The van der Waals surface area contributed by atoms with Crippen LogP contribution in [0, 0.1) is 11.3 Å². The molecule has 4 rings (SSSR count). The molecule has 2 amide bonds. The van der Waals surface area contributed by atoms with E-state index in [-0.39, 0.29) is 34.9 Å². The van der Waals surface area contributed by atoms with Crippen LogP contribution in [-0.2, 0) is 6.54 Å². The zero-order valence-electron chi connectivity index (χ0n) is 17.2. The van der Waals surface area contributed by atoms with Crippen molar-refractivity contribution in [1.82, 2.24) is 30.0 Å². The van der Waals surface area contributed by atoms with Crippen molar-refractivity contribution in [2.75, 3.05) is 6.54 Å². The van der Waals surface area contributed by atoms with Crippen LogP contribution < -0.4 is 10.6 Å². The number of aryl methyl sites for hydroxylation is 1. The van der Waals surface area contributed by atoms with Gasteiger partial charge in [0.05, 0.1) is 22.3 Å². The number of hydrogen-bond acceptors (Lipinski definition) is 4. The fraction of sp³-hybridized carbons (Fsp3) is 0.429. The van der Waals surface area contributed by atoms with Crippen molar-refractivity contribution in [2.45, 2.75) is 39.8 Å². The summed E-state index contributed by atoms with van der Waals surface area (Å²) < 4.78 is 3.32. The van der Waals surface area contributed by atoms with Crippen LogP contribution in [-0.4, -0.2) is 43.8 Å². The Morgan fingerprint density at radius 1 is 1.30 bits per heavy atom. The lowest BCUT2D eigenvalue weighted by molar-refractivity contribution is 0.0150. The molecule has 3 heterocycles. The summed E-state index contributed by atoms with van der Waals surface area (Å²) in [5.41, 5.74) is 1.47. The minimum absolute atomic E-state index is 0.0259. The van der Waals surface area contributed by atoms with Gasteiger partial charge in [-0.2, -0.15) is 10.2 Å². The average molecular weight is 429 g/mol. The zero-order chi connectivity index (χ0) is 21.5. The van der Waals surface area contributed by atoms with Crippen molar-refractivity contribution >= 4 is 28.9 Å². The summed E-state index contributed by atoms with van der Waals surface area (Å²) in [4.78, 5) is 25.3. The monoisotopic (exact) mass is 428 g/mol. The molecule has 158 valence electrons. The van der Waals surface area contributed by atoms with Gasteiger partial charge in [0.2, 0.25) is 0 Å². The van der Waals surface area contributed by atoms with Gasteiger partial charge < -0.3 is 10.6 Å². The summed E-state index contributed by atoms with van der Waals surface area (Å²) in [6, 6.07) is 5.46. The molecule has 2 unspecified atom stereocenters. The van der Waals surface area contributed by atoms with Crippen LogP contribution in [0.25, 0.3) is 5.52 Å². The molecular formula is C21H25ClN6O2. The maximum absolute atomic E-state index is 12.8. The number of carbonyl (C=O) groups is 2. The topological polar surface area (TPSA) is 93.3 Å². The summed E-state index contributed by atoms with van der Waals surface area (Å²) in [6.07, 6.45) is 5.93. The fourth-order valence-electron chi connectivity index (χ4n) is 4.00. The van der Waals surface area contributed by atoms with Crippen LogP contribution in [0.1, 0.15) is 48.0 Å². The second-order valence-electron chi connectivity index (χ2n) is 8.25. The van der Waals surface area contributed by atoms with E-state index in [1.807, 2.05) is 25.3 Å². The Bertz CT molecular complexity index is 1100. The third-order valence-corrected chi connectivity index (χ3v) is 6.50. The lowest BCUT2D eigenvalue weighted by Gasteiger charge is -2.52. The summed E-state index contributed by atoms with van der Waals surface area (Å²) in [6.45, 7) is 7.31. The summed E-state index contributed by atoms with van der Waals surface area (Å²) in [7, 11) is 0. The maximum Gasteiger partial charge on any atom is 0.273 e. The van der Waals surface area contributed by atoms with Crippen molar-refractivity contribution < 1.29 is 9.59 Å². The largest absolute Gasteiger partial charge is 0.350 e. The number of pyridine rings is 1. The first-order valence-corrected chi connectivity index (χ1v) is 10.4. The quantitative estimate of drug-likeness (QED) is 0.631. The number of halogens is 1. The summed E-state index contributed by atoms with van der Waals surface area (Å²) in [5, 5.41) is 14.8. The lowest BCUT2D eigenvalue weighted by atomic mass is 9.58. The van der Waals surface area contributed by atoms with Crippen LogP contribution >= 0.6 is 11.6 Å². The minimum Gasteiger partial charge on any atom is -0.350 e. The van der Waals surface area contributed by atoms with Gasteiger partial charge in [0, 0.05) is 31.5 Å². The van der Waals surface area contributed by atoms with Crippen molar-refractivity contribution in [3.8, 4) is 0 Å². The van der Waals surface area contributed by atoms with E-state index in [9.17, 15) is 9.59 Å². The fourth-order valence-corrected chi connectivity index (χ4v) is 4.24. The van der Waals surface area contributed by atoms with Gasteiger partial charge in [0.25, 0.3) is 11.8 Å². The lowest BCUT2D eigenvalue weighted by Crippen LogP contribution is -2.60. The van der Waals surface area contributed by atoms with Crippen molar-refractivity contribution in [1.29, 1.82) is 0 Å². The molecule has 2 atom stereocenters. The Morgan fingerprint density at radius 2 is 2.10 bits per heavy atom. The normalized spacial score (nSPS) is 20.0. The first kappa shape index (κ1) is 20.4. The second-order valence-corrected chi connectivity index (χ2v) is 8.66. The Balaban J connectivity index is 1.35. The molecule has 0 aliphatic heterocycles. The molecule has 30 heavy (non-hydrogen) atoms. The number of nitrogens with zero attached hydrogens (tertiary/aromatic N) is 4. The standard InChI is InChI=1S/C21H25ClN6O2/c1-4-27-12-15(22)18(26-27)20(30)23-11-13-10-17(21(13,2)3)25-19(29)14-6-5-9-28-16(14)7-8-24-28/h5-9,12-13,17H,4,10-11H2,1-3H3,(H,23,30)(H,25,29). The van der Waals surface area contributed by atoms with Crippen LogP contribution in [0.2, 0.25) is 5.02 Å². The molecule has 0 aromatic carbocycles. The van der Waals surface area contributed by atoms with Gasteiger partial charge in [0.15, 0.2) is 5.69 Å². The predicted octanol–water partition coefficient (Wildman–Crippen LogP) is 2.78. The number of fused-ring (bicyclic) bond motifs is 1. The molecule has 0 radical (unpaired) electrons. The minimum atomic E-state index is -0.275. The van der Waals surface area contributed by atoms with Gasteiger partial charge >= 0.3 is 0 Å². The number of amides is 2. The van der Waals surface area contributed by atoms with E-state index in [0.717, 1.165) is 11.9 Å². The van der Waals surface area contributed by atoms with E-state index in [4.69, 9.17) is 11.6 Å². The van der Waals surface area contributed by atoms with Crippen molar-refractivity contribution in [3.63, 3.8) is 0 Å². The Labute approximate surface area is 179 Å². The highest BCUT2D eigenvalue weighted by atomic mass is 35.5. The number of hydrogen-bond donors (Lipinski definition) is 2. The van der Waals surface area contributed by atoms with Gasteiger partial charge in [-0.15, -0.1) is 0 Å². The smallest absolute Gasteiger partial charge is 0.273 e. The van der Waals surface area contributed by atoms with Crippen LogP contribution in [0.15, 0.2) is 36.8 Å². The number of nitrogens with one attached hydrogen (secondary N) is 2. The molecule has 0 bridgehead atoms. The van der Waals surface area contributed by atoms with E-state index in [1.165, 1.54) is 0 Å². The Hall–Kier alpha value is -2.87. The van der Waals surface area contributed by atoms with Gasteiger partial charge in [0.1, 0.15) is 0 Å². The number of carbonyl (C=O) groups excluding carboxylic acids is 2. The van der Waals surface area contributed by atoms with Crippen LogP contribution in [0.5, 0.6) is 0 Å². The van der Waals surface area contributed by atoms with Crippen LogP contribution in [0.3, 0.4) is 0 Å². The van der Waals surface area contributed by atoms with Gasteiger partial charge in [-0.25, -0.2) is 4.52 Å². The van der Waals surface area contributed by atoms with E-state index in [1.54, 1.807) is 27.7 Å². The molecule has 3 aromatic rings. The molecule has 8 nitrogen and oxygen atoms in total. The van der Waals surface area contributed by atoms with Crippen molar-refractivity contribution in [2.24, 2.45) is 11.3 Å². The Morgan fingerprint density at radius 3 is 2.80 bits per heavy atom. The van der Waals surface area contributed by atoms with Crippen LogP contribution in [0.4, 0.5) is 0 Å². The second kappa shape index (κ2) is 7.75. The molecule has 1 fully saturated rings. The molecule has 3 aromatic heterocycles. The van der Waals surface area contributed by atoms with E-state index >= 15 is 0 Å². The number of aromatic nitrogens is 4. The Kier molecular flexibility index (Phi) is 5.27. The molecule has 0 saturated heterocycles. The first-order chi connectivity index (χ1) is 14.3. The van der Waals surface area contributed by atoms with Crippen molar-refractivity contribution in [3.05, 3.63) is 53.1 Å². The highest BCUT2D eigenvalue weighted by Crippen LogP contribution is 2.46. The summed E-state index contributed by atoms with van der Waals surface area (Å²) >= 11 is 6.11. The molecule has 1 aliphatic rings. The SMILES string of the molecule is CCn1cc(Cl)c(C(=O)NCC2CC(NC(=O)c3cccn4nccc34)C2(C)C)n1. The summed E-state index contributed by atoms with van der Waals surface area (Å²) in [5.74, 6) is -0.147. The molecular weight excluding hydrogens is 404 g/mol. The van der Waals surface area contributed by atoms with E-state index in [2.05, 4.69) is 34.7 Å². The third-order valence-electron chi connectivity index (χ3n) is 6.22. The highest BCUT2D eigenvalue weighted by Gasteiger charge is 2.48. The number of rotatable bonds is 6. The average Bonchev–Trinajstić information content (AvgIpc) is 3.35. The molecule has 2 N–H and O–H groups in total.